The average molecular weight is 340 g/mol. The van der Waals surface area contributed by atoms with Crippen LogP contribution in [0.5, 0.6) is 0 Å². The highest BCUT2D eigenvalue weighted by atomic mass is 32.2. The molecule has 0 spiro atoms. The minimum absolute atomic E-state index is 0.0385. The molecule has 126 valence electrons. The first kappa shape index (κ1) is 16.9. The van der Waals surface area contributed by atoms with Crippen molar-refractivity contribution in [3.8, 4) is 0 Å². The van der Waals surface area contributed by atoms with E-state index in [1.54, 1.807) is 0 Å². The fourth-order valence-electron chi connectivity index (χ4n) is 3.16. The minimum Gasteiger partial charge on any atom is -0.360 e. The van der Waals surface area contributed by atoms with Gasteiger partial charge in [-0.3, -0.25) is 4.79 Å². The first-order valence-corrected chi connectivity index (χ1v) is 9.32. The first-order valence-electron chi connectivity index (χ1n) is 8.44. The third-order valence-electron chi connectivity index (χ3n) is 4.22. The van der Waals surface area contributed by atoms with Crippen molar-refractivity contribution in [2.24, 2.45) is 0 Å². The van der Waals surface area contributed by atoms with Gasteiger partial charge >= 0.3 is 0 Å². The number of fused-ring (bicyclic) bond motifs is 1. The van der Waals surface area contributed by atoms with E-state index in [0.717, 1.165) is 29.8 Å². The standard InChI is InChI=1S/C20H24N2OS/c1-4-17-12-22(18-7-5-6-8-19(18)24-17)13-20(23)21-16-10-14(2)9-15(3)11-16/h5-11,17H,4,12-13H2,1-3H3,(H,21,23). The van der Waals surface area contributed by atoms with Crippen LogP contribution >= 0.6 is 11.8 Å². The molecule has 1 N–H and O–H groups in total. The van der Waals surface area contributed by atoms with E-state index >= 15 is 0 Å². The van der Waals surface area contributed by atoms with Crippen molar-refractivity contribution in [2.45, 2.75) is 37.3 Å². The van der Waals surface area contributed by atoms with Gasteiger partial charge in [-0.1, -0.05) is 25.1 Å². The lowest BCUT2D eigenvalue weighted by molar-refractivity contribution is -0.115. The second kappa shape index (κ2) is 7.31. The maximum atomic E-state index is 12.5. The Morgan fingerprint density at radius 2 is 1.92 bits per heavy atom. The normalized spacial score (nSPS) is 16.6. The van der Waals surface area contributed by atoms with Crippen molar-refractivity contribution in [2.75, 3.05) is 23.3 Å². The Kier molecular flexibility index (Phi) is 5.14. The summed E-state index contributed by atoms with van der Waals surface area (Å²) in [6, 6.07) is 14.5. The third-order valence-corrected chi connectivity index (χ3v) is 5.63. The van der Waals surface area contributed by atoms with Gasteiger partial charge in [0.25, 0.3) is 0 Å². The van der Waals surface area contributed by atoms with Crippen LogP contribution in [0.1, 0.15) is 24.5 Å². The summed E-state index contributed by atoms with van der Waals surface area (Å²) < 4.78 is 0. The molecule has 0 saturated heterocycles. The number of para-hydroxylation sites is 1. The molecule has 4 heteroatoms. The van der Waals surface area contributed by atoms with Gasteiger partial charge in [0.2, 0.25) is 5.91 Å². The maximum absolute atomic E-state index is 12.5. The predicted molar refractivity (Wildman–Crippen MR) is 103 cm³/mol. The van der Waals surface area contributed by atoms with Crippen LogP contribution in [0.3, 0.4) is 0 Å². The highest BCUT2D eigenvalue weighted by Crippen LogP contribution is 2.39. The Hall–Kier alpha value is -1.94. The van der Waals surface area contributed by atoms with Crippen molar-refractivity contribution < 1.29 is 4.79 Å². The van der Waals surface area contributed by atoms with Crippen LogP contribution in [0.25, 0.3) is 0 Å². The Morgan fingerprint density at radius 1 is 1.21 bits per heavy atom. The molecule has 1 amide bonds. The van der Waals surface area contributed by atoms with Gasteiger partial charge < -0.3 is 10.2 Å². The SMILES string of the molecule is CCC1CN(CC(=O)Nc2cc(C)cc(C)c2)c2ccccc2S1. The molecular weight excluding hydrogens is 316 g/mol. The summed E-state index contributed by atoms with van der Waals surface area (Å²) in [5.41, 5.74) is 4.37. The second-order valence-electron chi connectivity index (χ2n) is 6.42. The smallest absolute Gasteiger partial charge is 0.243 e. The lowest BCUT2D eigenvalue weighted by Crippen LogP contribution is -2.40. The largest absolute Gasteiger partial charge is 0.360 e. The summed E-state index contributed by atoms with van der Waals surface area (Å²) >= 11 is 1.92. The van der Waals surface area contributed by atoms with E-state index in [0.29, 0.717) is 11.8 Å². The molecule has 1 unspecified atom stereocenters. The molecule has 3 rings (SSSR count). The van der Waals surface area contributed by atoms with Gasteiger partial charge in [0.1, 0.15) is 0 Å². The fourth-order valence-corrected chi connectivity index (χ4v) is 4.42. The van der Waals surface area contributed by atoms with Crippen LogP contribution in [0.15, 0.2) is 47.4 Å². The van der Waals surface area contributed by atoms with E-state index in [9.17, 15) is 4.79 Å². The van der Waals surface area contributed by atoms with Crippen LogP contribution in [0.4, 0.5) is 11.4 Å². The van der Waals surface area contributed by atoms with Crippen LogP contribution in [0.2, 0.25) is 0 Å². The molecule has 2 aromatic carbocycles. The van der Waals surface area contributed by atoms with Gasteiger partial charge in [-0.2, -0.15) is 0 Å². The van der Waals surface area contributed by atoms with Gasteiger partial charge in [0.15, 0.2) is 0 Å². The molecule has 0 radical (unpaired) electrons. The van der Waals surface area contributed by atoms with Gasteiger partial charge in [-0.25, -0.2) is 0 Å². The highest BCUT2D eigenvalue weighted by Gasteiger charge is 2.25. The molecule has 1 atom stereocenters. The second-order valence-corrected chi connectivity index (χ2v) is 7.76. The molecule has 1 aliphatic rings. The van der Waals surface area contributed by atoms with E-state index in [2.05, 4.69) is 41.4 Å². The van der Waals surface area contributed by atoms with Crippen molar-refractivity contribution in [1.29, 1.82) is 0 Å². The molecule has 0 aliphatic carbocycles. The monoisotopic (exact) mass is 340 g/mol. The van der Waals surface area contributed by atoms with Crippen LogP contribution in [-0.2, 0) is 4.79 Å². The summed E-state index contributed by atoms with van der Waals surface area (Å²) in [4.78, 5) is 16.0. The van der Waals surface area contributed by atoms with Gasteiger partial charge in [-0.05, 0) is 55.7 Å². The summed E-state index contributed by atoms with van der Waals surface area (Å²) in [5, 5.41) is 3.58. The maximum Gasteiger partial charge on any atom is 0.243 e. The van der Waals surface area contributed by atoms with E-state index in [-0.39, 0.29) is 5.91 Å². The number of rotatable bonds is 4. The molecule has 24 heavy (non-hydrogen) atoms. The Morgan fingerprint density at radius 3 is 2.62 bits per heavy atom. The number of thioether (sulfide) groups is 1. The summed E-state index contributed by atoms with van der Waals surface area (Å²) in [5.74, 6) is 0.0385. The third kappa shape index (κ3) is 3.93. The van der Waals surface area contributed by atoms with Crippen LogP contribution < -0.4 is 10.2 Å². The van der Waals surface area contributed by atoms with E-state index in [4.69, 9.17) is 0 Å². The summed E-state index contributed by atoms with van der Waals surface area (Å²) in [7, 11) is 0. The number of carbonyl (C=O) groups excluding carboxylic acids is 1. The Labute approximate surface area is 148 Å². The number of amides is 1. The number of hydrogen-bond donors (Lipinski definition) is 1. The molecule has 0 saturated carbocycles. The van der Waals surface area contributed by atoms with Crippen molar-refractivity contribution in [3.63, 3.8) is 0 Å². The number of benzene rings is 2. The molecule has 2 aromatic rings. The zero-order chi connectivity index (χ0) is 17.1. The zero-order valence-electron chi connectivity index (χ0n) is 14.5. The van der Waals surface area contributed by atoms with E-state index in [1.807, 2.05) is 43.8 Å². The number of aryl methyl sites for hydroxylation is 2. The number of hydrogen-bond acceptors (Lipinski definition) is 3. The molecule has 3 nitrogen and oxygen atoms in total. The Balaban J connectivity index is 1.74. The van der Waals surface area contributed by atoms with Gasteiger partial charge in [0.05, 0.1) is 12.2 Å². The lowest BCUT2D eigenvalue weighted by Gasteiger charge is -2.34. The first-order chi connectivity index (χ1) is 11.5. The van der Waals surface area contributed by atoms with Crippen molar-refractivity contribution >= 4 is 29.0 Å². The van der Waals surface area contributed by atoms with Crippen molar-refractivity contribution in [3.05, 3.63) is 53.6 Å². The number of carbonyl (C=O) groups is 1. The minimum atomic E-state index is 0.0385. The van der Waals surface area contributed by atoms with Gasteiger partial charge in [-0.15, -0.1) is 11.8 Å². The molecule has 1 aliphatic heterocycles. The molecule has 1 heterocycles. The van der Waals surface area contributed by atoms with Gasteiger partial charge in [0, 0.05) is 22.4 Å². The molecule has 0 bridgehead atoms. The quantitative estimate of drug-likeness (QED) is 0.880. The molecule has 0 fully saturated rings. The van der Waals surface area contributed by atoms with Crippen LogP contribution in [-0.4, -0.2) is 24.2 Å². The van der Waals surface area contributed by atoms with Crippen LogP contribution in [0, 0.1) is 13.8 Å². The average Bonchev–Trinajstić information content (AvgIpc) is 2.53. The zero-order valence-corrected chi connectivity index (χ0v) is 15.3. The van der Waals surface area contributed by atoms with E-state index in [1.165, 1.54) is 10.6 Å². The fraction of sp³-hybridized carbons (Fsp3) is 0.350. The number of nitrogens with one attached hydrogen (secondary N) is 1. The summed E-state index contributed by atoms with van der Waals surface area (Å²) in [6.45, 7) is 7.61. The van der Waals surface area contributed by atoms with E-state index < -0.39 is 0 Å². The predicted octanol–water partition coefficient (Wildman–Crippen LogP) is 4.63. The van der Waals surface area contributed by atoms with Crippen molar-refractivity contribution in [1.82, 2.24) is 0 Å². The number of nitrogens with zero attached hydrogens (tertiary/aromatic N) is 1. The topological polar surface area (TPSA) is 32.3 Å². The molecular formula is C20H24N2OS. The number of anilines is 2. The lowest BCUT2D eigenvalue weighted by atomic mass is 10.1. The Bertz CT molecular complexity index is 724. The molecule has 0 aromatic heterocycles. The summed E-state index contributed by atoms with van der Waals surface area (Å²) in [6.07, 6.45) is 1.11. The highest BCUT2D eigenvalue weighted by molar-refractivity contribution is 8.00.